The van der Waals surface area contributed by atoms with Crippen molar-refractivity contribution >= 4 is 29.1 Å². The number of rotatable bonds is 9. The Labute approximate surface area is 209 Å². The van der Waals surface area contributed by atoms with E-state index in [1.807, 2.05) is 19.0 Å². The maximum atomic E-state index is 13.2. The summed E-state index contributed by atoms with van der Waals surface area (Å²) in [6.07, 6.45) is 0.594. The standard InChI is InChI=1S/C25H29ClN2O7/c1-27(2)9-6-10-28-22(14-7-8-18(33-3)17(29)11-14)21(24(31)25(28)32)23(30)15-12-20(35-5)16(26)13-19(15)34-4/h7-8,11-13,22,29-30H,6,9-10H2,1-5H3/b23-21+. The zero-order valence-electron chi connectivity index (χ0n) is 20.3. The Bertz CT molecular complexity index is 1160. The number of Topliss-reactive ketones (excluding diaryl/α,β-unsaturated/α-hetero) is 1. The number of phenols is 1. The third-order valence-corrected chi connectivity index (χ3v) is 6.09. The van der Waals surface area contributed by atoms with E-state index in [1.165, 1.54) is 50.5 Å². The molecule has 9 nitrogen and oxygen atoms in total. The lowest BCUT2D eigenvalue weighted by atomic mass is 9.94. The van der Waals surface area contributed by atoms with Gasteiger partial charge in [-0.05, 0) is 50.8 Å². The van der Waals surface area contributed by atoms with Crippen LogP contribution in [-0.4, -0.2) is 80.2 Å². The summed E-state index contributed by atoms with van der Waals surface area (Å²) in [5.41, 5.74) is 0.448. The topological polar surface area (TPSA) is 109 Å². The molecule has 0 aliphatic carbocycles. The third-order valence-electron chi connectivity index (χ3n) is 5.79. The van der Waals surface area contributed by atoms with Crippen LogP contribution in [0.3, 0.4) is 0 Å². The smallest absolute Gasteiger partial charge is 0.295 e. The van der Waals surface area contributed by atoms with Crippen molar-refractivity contribution in [3.05, 3.63) is 52.1 Å². The highest BCUT2D eigenvalue weighted by Gasteiger charge is 2.46. The molecular weight excluding hydrogens is 476 g/mol. The van der Waals surface area contributed by atoms with Crippen LogP contribution in [0.4, 0.5) is 0 Å². The molecule has 1 atom stereocenters. The quantitative estimate of drug-likeness (QED) is 0.304. The summed E-state index contributed by atoms with van der Waals surface area (Å²) in [5.74, 6) is -1.49. The maximum absolute atomic E-state index is 13.2. The average molecular weight is 505 g/mol. The molecule has 10 heteroatoms. The fourth-order valence-corrected chi connectivity index (χ4v) is 4.31. The monoisotopic (exact) mass is 504 g/mol. The molecule has 3 rings (SSSR count). The Kier molecular flexibility index (Phi) is 8.14. The molecule has 1 unspecified atom stereocenters. The van der Waals surface area contributed by atoms with Crippen molar-refractivity contribution in [2.75, 3.05) is 48.5 Å². The van der Waals surface area contributed by atoms with Gasteiger partial charge in [0, 0.05) is 12.6 Å². The first-order chi connectivity index (χ1) is 16.6. The van der Waals surface area contributed by atoms with E-state index in [0.29, 0.717) is 18.5 Å². The van der Waals surface area contributed by atoms with Gasteiger partial charge >= 0.3 is 0 Å². The second-order valence-electron chi connectivity index (χ2n) is 8.27. The van der Waals surface area contributed by atoms with Gasteiger partial charge in [0.15, 0.2) is 11.5 Å². The number of hydrogen-bond acceptors (Lipinski definition) is 8. The number of likely N-dealkylation sites (tertiary alicyclic amines) is 1. The van der Waals surface area contributed by atoms with Crippen molar-refractivity contribution in [2.45, 2.75) is 12.5 Å². The van der Waals surface area contributed by atoms with Crippen molar-refractivity contribution in [2.24, 2.45) is 0 Å². The number of carbonyl (C=O) groups excluding carboxylic acids is 2. The summed E-state index contributed by atoms with van der Waals surface area (Å²) in [4.78, 5) is 29.7. The van der Waals surface area contributed by atoms with Gasteiger partial charge in [0.05, 0.1) is 43.5 Å². The Morgan fingerprint density at radius 2 is 1.69 bits per heavy atom. The molecule has 0 saturated carbocycles. The molecule has 1 heterocycles. The highest BCUT2D eigenvalue weighted by atomic mass is 35.5. The van der Waals surface area contributed by atoms with E-state index < -0.39 is 23.5 Å². The van der Waals surface area contributed by atoms with Gasteiger partial charge in [-0.2, -0.15) is 0 Å². The van der Waals surface area contributed by atoms with Gasteiger partial charge in [0.1, 0.15) is 17.3 Å². The molecule has 0 bridgehead atoms. The van der Waals surface area contributed by atoms with Gasteiger partial charge in [-0.25, -0.2) is 0 Å². The van der Waals surface area contributed by atoms with Crippen molar-refractivity contribution < 1.29 is 34.0 Å². The van der Waals surface area contributed by atoms with E-state index in [9.17, 15) is 19.8 Å². The van der Waals surface area contributed by atoms with E-state index in [2.05, 4.69) is 0 Å². The van der Waals surface area contributed by atoms with Crippen LogP contribution in [0.15, 0.2) is 35.9 Å². The molecule has 35 heavy (non-hydrogen) atoms. The SMILES string of the molecule is COc1ccc(C2/C(=C(\O)c3cc(OC)c(Cl)cc3OC)C(=O)C(=O)N2CCCN(C)C)cc1O. The Morgan fingerprint density at radius 3 is 2.26 bits per heavy atom. The van der Waals surface area contributed by atoms with Crippen LogP contribution in [0.2, 0.25) is 5.02 Å². The second-order valence-corrected chi connectivity index (χ2v) is 8.67. The Balaban J connectivity index is 2.22. The number of aliphatic hydroxyl groups excluding tert-OH is 1. The average Bonchev–Trinajstić information content (AvgIpc) is 3.08. The lowest BCUT2D eigenvalue weighted by molar-refractivity contribution is -0.139. The number of methoxy groups -OCH3 is 3. The van der Waals surface area contributed by atoms with E-state index in [0.717, 1.165) is 0 Å². The van der Waals surface area contributed by atoms with Crippen LogP contribution >= 0.6 is 11.6 Å². The first-order valence-electron chi connectivity index (χ1n) is 10.9. The lowest BCUT2D eigenvalue weighted by Crippen LogP contribution is -2.32. The first-order valence-corrected chi connectivity index (χ1v) is 11.2. The normalized spacial score (nSPS) is 17.2. The van der Waals surface area contributed by atoms with Crippen molar-refractivity contribution in [3.8, 4) is 23.0 Å². The van der Waals surface area contributed by atoms with Crippen molar-refractivity contribution in [3.63, 3.8) is 0 Å². The van der Waals surface area contributed by atoms with E-state index >= 15 is 0 Å². The Morgan fingerprint density at radius 1 is 1.03 bits per heavy atom. The number of halogens is 1. The second kappa shape index (κ2) is 10.9. The molecule has 2 aromatic carbocycles. The molecule has 188 valence electrons. The van der Waals surface area contributed by atoms with E-state index in [-0.39, 0.29) is 45.7 Å². The zero-order chi connectivity index (χ0) is 25.9. The van der Waals surface area contributed by atoms with Gasteiger partial charge in [0.2, 0.25) is 0 Å². The number of hydrogen-bond donors (Lipinski definition) is 2. The maximum Gasteiger partial charge on any atom is 0.295 e. The van der Waals surface area contributed by atoms with Crippen LogP contribution in [0.25, 0.3) is 5.76 Å². The van der Waals surface area contributed by atoms with Crippen molar-refractivity contribution in [1.82, 2.24) is 9.80 Å². The minimum Gasteiger partial charge on any atom is -0.507 e. The van der Waals surface area contributed by atoms with Gasteiger partial charge < -0.3 is 34.2 Å². The predicted molar refractivity (Wildman–Crippen MR) is 131 cm³/mol. The summed E-state index contributed by atoms with van der Waals surface area (Å²) in [5, 5.41) is 22.0. The number of amides is 1. The molecular formula is C25H29ClN2O7. The van der Waals surface area contributed by atoms with Crippen molar-refractivity contribution in [1.29, 1.82) is 0 Å². The minimum absolute atomic E-state index is 0.132. The highest BCUT2D eigenvalue weighted by molar-refractivity contribution is 6.46. The highest BCUT2D eigenvalue weighted by Crippen LogP contribution is 2.44. The number of ketones is 1. The molecule has 0 aromatic heterocycles. The third kappa shape index (κ3) is 5.16. The molecule has 0 spiro atoms. The number of carbonyl (C=O) groups is 2. The van der Waals surface area contributed by atoms with E-state index in [4.69, 9.17) is 25.8 Å². The number of ether oxygens (including phenoxy) is 3. The van der Waals surface area contributed by atoms with Crippen LogP contribution in [0.5, 0.6) is 23.0 Å². The summed E-state index contributed by atoms with van der Waals surface area (Å²) < 4.78 is 15.8. The molecule has 1 aliphatic rings. The van der Waals surface area contributed by atoms with Gasteiger partial charge in [0.25, 0.3) is 11.7 Å². The number of nitrogens with zero attached hydrogens (tertiary/aromatic N) is 2. The fraction of sp³-hybridized carbons (Fsp3) is 0.360. The summed E-state index contributed by atoms with van der Waals surface area (Å²) >= 11 is 6.20. The van der Waals surface area contributed by atoms with Crippen LogP contribution < -0.4 is 14.2 Å². The number of benzene rings is 2. The summed E-state index contributed by atoms with van der Waals surface area (Å²) in [6, 6.07) is 6.55. The predicted octanol–water partition coefficient (Wildman–Crippen LogP) is 3.44. The van der Waals surface area contributed by atoms with Crippen LogP contribution in [0.1, 0.15) is 23.6 Å². The number of aliphatic hydroxyl groups is 1. The molecule has 0 radical (unpaired) electrons. The number of aromatic hydroxyl groups is 1. The van der Waals surface area contributed by atoms with E-state index in [1.54, 1.807) is 6.07 Å². The molecule has 1 saturated heterocycles. The number of phenolic OH excluding ortho intramolecular Hbond substituents is 1. The van der Waals surface area contributed by atoms with Gasteiger partial charge in [-0.3, -0.25) is 9.59 Å². The van der Waals surface area contributed by atoms with Crippen LogP contribution in [-0.2, 0) is 9.59 Å². The molecule has 1 aliphatic heterocycles. The molecule has 1 amide bonds. The summed E-state index contributed by atoms with van der Waals surface area (Å²) in [7, 11) is 8.05. The largest absolute Gasteiger partial charge is 0.507 e. The minimum atomic E-state index is -0.944. The molecule has 2 N–H and O–H groups in total. The molecule has 2 aromatic rings. The van der Waals surface area contributed by atoms with Gasteiger partial charge in [-0.1, -0.05) is 17.7 Å². The first kappa shape index (κ1) is 26.2. The van der Waals surface area contributed by atoms with Gasteiger partial charge in [-0.15, -0.1) is 0 Å². The fourth-order valence-electron chi connectivity index (χ4n) is 4.08. The van der Waals surface area contributed by atoms with Crippen LogP contribution in [0, 0.1) is 0 Å². The summed E-state index contributed by atoms with van der Waals surface area (Å²) in [6.45, 7) is 0.948. The Hall–Kier alpha value is -3.43. The zero-order valence-corrected chi connectivity index (χ0v) is 21.0. The lowest BCUT2D eigenvalue weighted by Gasteiger charge is -2.26. The molecule has 1 fully saturated rings.